The number of ether oxygens (including phenoxy) is 1. The summed E-state index contributed by atoms with van der Waals surface area (Å²) in [5.74, 6) is -3.44. The number of benzene rings is 2. The highest BCUT2D eigenvalue weighted by Gasteiger charge is 2.34. The van der Waals surface area contributed by atoms with E-state index < -0.39 is 17.8 Å². The Labute approximate surface area is 224 Å². The minimum absolute atomic E-state index is 0.133. The van der Waals surface area contributed by atoms with E-state index in [1.807, 2.05) is 34.9 Å². The van der Waals surface area contributed by atoms with Gasteiger partial charge in [-0.3, -0.25) is 4.79 Å². The first kappa shape index (κ1) is 27.3. The molecule has 4 N–H and O–H groups in total. The van der Waals surface area contributed by atoms with Crippen molar-refractivity contribution in [2.45, 2.75) is 38.0 Å². The van der Waals surface area contributed by atoms with Crippen LogP contribution in [-0.2, 0) is 27.3 Å². The number of primary amides is 1. The smallest absolute Gasteiger partial charge is 0.414 e. The van der Waals surface area contributed by atoms with Gasteiger partial charge in [-0.15, -0.1) is 0 Å². The van der Waals surface area contributed by atoms with E-state index in [1.54, 1.807) is 6.07 Å². The fourth-order valence-electron chi connectivity index (χ4n) is 4.82. The Morgan fingerprint density at radius 1 is 1.00 bits per heavy atom. The third kappa shape index (κ3) is 5.88. The van der Waals surface area contributed by atoms with Crippen molar-refractivity contribution in [1.82, 2.24) is 14.5 Å². The van der Waals surface area contributed by atoms with Gasteiger partial charge in [0, 0.05) is 25.2 Å². The molecule has 2 aliphatic heterocycles. The largest absolute Gasteiger partial charge is 0.473 e. The minimum atomic E-state index is -1.82. The summed E-state index contributed by atoms with van der Waals surface area (Å²) in [5, 5.41) is 15.3. The summed E-state index contributed by atoms with van der Waals surface area (Å²) in [6.07, 6.45) is 2.48. The molecule has 3 heterocycles. The van der Waals surface area contributed by atoms with Gasteiger partial charge in [0.15, 0.2) is 0 Å². The van der Waals surface area contributed by atoms with Gasteiger partial charge in [0.25, 0.3) is 5.91 Å². The van der Waals surface area contributed by atoms with Crippen LogP contribution in [0.3, 0.4) is 0 Å². The second kappa shape index (κ2) is 11.8. The molecule has 5 rings (SSSR count). The Kier molecular flexibility index (Phi) is 8.45. The van der Waals surface area contributed by atoms with Crippen LogP contribution in [0.1, 0.15) is 46.4 Å². The first-order valence-electron chi connectivity index (χ1n) is 12.2. The van der Waals surface area contributed by atoms with Crippen LogP contribution < -0.4 is 5.73 Å². The van der Waals surface area contributed by atoms with Gasteiger partial charge in [-0.05, 0) is 43.5 Å². The number of rotatable bonds is 4. The van der Waals surface area contributed by atoms with E-state index in [0.29, 0.717) is 28.5 Å². The number of hydrogen-bond donors (Lipinski definition) is 3. The number of halogens is 1. The molecule has 38 heavy (non-hydrogen) atoms. The van der Waals surface area contributed by atoms with Gasteiger partial charge in [-0.25, -0.2) is 14.6 Å². The molecule has 10 nitrogen and oxygen atoms in total. The summed E-state index contributed by atoms with van der Waals surface area (Å²) in [6, 6.07) is 15.7. The number of nitrogens with zero attached hydrogens (tertiary/aromatic N) is 3. The summed E-state index contributed by atoms with van der Waals surface area (Å²) in [7, 11) is 2.14. The molecule has 1 fully saturated rings. The minimum Gasteiger partial charge on any atom is -0.473 e. The number of aryl methyl sites for hydroxylation is 1. The number of hydrogen-bond acceptors (Lipinski definition) is 6. The van der Waals surface area contributed by atoms with E-state index in [4.69, 9.17) is 46.9 Å². The van der Waals surface area contributed by atoms with E-state index in [-0.39, 0.29) is 12.2 Å². The van der Waals surface area contributed by atoms with Crippen molar-refractivity contribution < 1.29 is 29.3 Å². The maximum Gasteiger partial charge on any atom is 0.414 e. The van der Waals surface area contributed by atoms with Crippen molar-refractivity contribution in [3.05, 3.63) is 76.2 Å². The first-order valence-corrected chi connectivity index (χ1v) is 12.6. The van der Waals surface area contributed by atoms with Crippen molar-refractivity contribution in [3.63, 3.8) is 0 Å². The number of aromatic nitrogens is 2. The zero-order valence-corrected chi connectivity index (χ0v) is 21.6. The lowest BCUT2D eigenvalue weighted by molar-refractivity contribution is -0.159. The molecule has 1 amide bonds. The van der Waals surface area contributed by atoms with Gasteiger partial charge in [-0.2, -0.15) is 0 Å². The normalized spacial score (nSPS) is 17.4. The monoisotopic (exact) mass is 540 g/mol. The van der Waals surface area contributed by atoms with Crippen LogP contribution in [0.15, 0.2) is 48.5 Å². The second-order valence-electron chi connectivity index (χ2n) is 9.24. The van der Waals surface area contributed by atoms with Gasteiger partial charge < -0.3 is 30.2 Å². The van der Waals surface area contributed by atoms with Crippen molar-refractivity contribution >= 4 is 29.4 Å². The lowest BCUT2D eigenvalue weighted by atomic mass is 9.99. The molecule has 0 radical (unpaired) electrons. The number of nitrogens with two attached hydrogens (primary N) is 1. The molecule has 1 unspecified atom stereocenters. The number of carbonyl (C=O) groups excluding carboxylic acids is 1. The summed E-state index contributed by atoms with van der Waals surface area (Å²) >= 11 is 6.48. The molecule has 0 bridgehead atoms. The predicted octanol–water partition coefficient (Wildman–Crippen LogP) is 3.21. The van der Waals surface area contributed by atoms with E-state index in [9.17, 15) is 4.79 Å². The van der Waals surface area contributed by atoms with Crippen LogP contribution in [0.2, 0.25) is 5.02 Å². The summed E-state index contributed by atoms with van der Waals surface area (Å²) < 4.78 is 8.68. The lowest BCUT2D eigenvalue weighted by Crippen LogP contribution is -2.35. The number of amides is 1. The molecular formula is C27H29ClN4O6. The van der Waals surface area contributed by atoms with E-state index in [0.717, 1.165) is 43.7 Å². The average Bonchev–Trinajstić information content (AvgIpc) is 3.20. The number of carboxylic acid groups (broad SMARTS) is 2. The zero-order valence-electron chi connectivity index (χ0n) is 20.8. The third-order valence-corrected chi connectivity index (χ3v) is 7.04. The van der Waals surface area contributed by atoms with Gasteiger partial charge in [0.1, 0.15) is 23.3 Å². The van der Waals surface area contributed by atoms with Crippen molar-refractivity contribution in [2.75, 3.05) is 20.1 Å². The third-order valence-electron chi connectivity index (χ3n) is 6.71. The maximum atomic E-state index is 12.6. The van der Waals surface area contributed by atoms with Crippen LogP contribution in [0.5, 0.6) is 0 Å². The topological polar surface area (TPSA) is 148 Å². The Balaban J connectivity index is 0.000000505. The number of fused-ring (bicyclic) bond motifs is 2. The molecule has 0 aliphatic carbocycles. The van der Waals surface area contributed by atoms with Crippen LogP contribution in [-0.4, -0.2) is 68.8 Å². The van der Waals surface area contributed by atoms with Gasteiger partial charge >= 0.3 is 11.9 Å². The van der Waals surface area contributed by atoms with Crippen molar-refractivity contribution in [3.8, 4) is 11.3 Å². The molecule has 1 aromatic heterocycles. The maximum absolute atomic E-state index is 12.6. The number of carboxylic acids is 2. The number of piperidine rings is 1. The quantitative estimate of drug-likeness (QED) is 0.427. The number of likely N-dealkylation sites (tertiary alicyclic amines) is 1. The molecule has 2 aliphatic rings. The average molecular weight is 541 g/mol. The fraction of sp³-hybridized carbons (Fsp3) is 0.333. The highest BCUT2D eigenvalue weighted by Crippen LogP contribution is 2.38. The highest BCUT2D eigenvalue weighted by atomic mass is 35.5. The first-order chi connectivity index (χ1) is 18.2. The molecule has 2 aromatic carbocycles. The summed E-state index contributed by atoms with van der Waals surface area (Å²) in [5.41, 5.74) is 9.82. The SMILES string of the molecule is CN1CCC(OC2c3ccccc3CCn3c2nc(-c2ccccc2Cl)c3C(N)=O)CC1.O=C(O)C(=O)O. The molecule has 200 valence electrons. The Morgan fingerprint density at radius 2 is 1.63 bits per heavy atom. The van der Waals surface area contributed by atoms with E-state index in [1.165, 1.54) is 5.56 Å². The highest BCUT2D eigenvalue weighted by molar-refractivity contribution is 6.33. The number of imidazole rings is 1. The van der Waals surface area contributed by atoms with Crippen LogP contribution in [0.25, 0.3) is 11.3 Å². The molecule has 1 atom stereocenters. The Morgan fingerprint density at radius 3 is 2.26 bits per heavy atom. The molecule has 0 spiro atoms. The lowest BCUT2D eigenvalue weighted by Gasteiger charge is -2.32. The summed E-state index contributed by atoms with van der Waals surface area (Å²) in [4.78, 5) is 38.1. The van der Waals surface area contributed by atoms with Crippen LogP contribution >= 0.6 is 11.6 Å². The van der Waals surface area contributed by atoms with Crippen molar-refractivity contribution in [1.29, 1.82) is 0 Å². The van der Waals surface area contributed by atoms with Crippen LogP contribution in [0, 0.1) is 0 Å². The van der Waals surface area contributed by atoms with E-state index >= 15 is 0 Å². The fourth-order valence-corrected chi connectivity index (χ4v) is 5.05. The predicted molar refractivity (Wildman–Crippen MR) is 140 cm³/mol. The molecule has 11 heteroatoms. The standard InChI is InChI=1S/C25H27ClN4O2.C2H2O4/c1-29-13-11-17(12-14-29)32-23-18-7-3-2-6-16(18)10-15-30-22(24(27)31)21(28-25(23)30)19-8-4-5-9-20(19)26;3-1(4)2(5)6/h2-9,17,23H,10-15H2,1H3,(H2,27,31);(H,3,4)(H,5,6). The zero-order chi connectivity index (χ0) is 27.4. The van der Waals surface area contributed by atoms with E-state index in [2.05, 4.69) is 24.1 Å². The van der Waals surface area contributed by atoms with Gasteiger partial charge in [0.2, 0.25) is 0 Å². The molecule has 3 aromatic rings. The molecular weight excluding hydrogens is 512 g/mol. The van der Waals surface area contributed by atoms with Crippen molar-refractivity contribution in [2.24, 2.45) is 5.73 Å². The molecule has 0 saturated carbocycles. The second-order valence-corrected chi connectivity index (χ2v) is 9.65. The summed E-state index contributed by atoms with van der Waals surface area (Å²) in [6.45, 7) is 2.62. The van der Waals surface area contributed by atoms with Crippen LogP contribution in [0.4, 0.5) is 0 Å². The van der Waals surface area contributed by atoms with Gasteiger partial charge in [-0.1, -0.05) is 54.1 Å². The Hall–Kier alpha value is -3.73. The molecule has 1 saturated heterocycles. The van der Waals surface area contributed by atoms with Gasteiger partial charge in [0.05, 0.1) is 11.1 Å². The number of aliphatic carboxylic acids is 2. The Bertz CT molecular complexity index is 1340. The number of carbonyl (C=O) groups is 3.